The SMILES string of the molecule is CCOc1cc(/C=C2/SC(=O)N(CC(=O)Nc3ccc(C)cc3C)C2=O)cc(I)c1O. The van der Waals surface area contributed by atoms with Crippen molar-refractivity contribution in [2.24, 2.45) is 0 Å². The van der Waals surface area contributed by atoms with Gasteiger partial charge in [0.05, 0.1) is 15.1 Å². The molecule has 0 radical (unpaired) electrons. The summed E-state index contributed by atoms with van der Waals surface area (Å²) in [6, 6.07) is 8.88. The van der Waals surface area contributed by atoms with Crippen LogP contribution in [0.15, 0.2) is 35.2 Å². The van der Waals surface area contributed by atoms with Crippen LogP contribution in [0.1, 0.15) is 23.6 Å². The second kappa shape index (κ2) is 9.73. The number of halogens is 1. The summed E-state index contributed by atoms with van der Waals surface area (Å²) in [7, 11) is 0. The third kappa shape index (κ3) is 5.40. The Labute approximate surface area is 198 Å². The first-order valence-corrected chi connectivity index (χ1v) is 11.4. The van der Waals surface area contributed by atoms with Gasteiger partial charge in [-0.3, -0.25) is 19.3 Å². The molecule has 0 aliphatic carbocycles. The van der Waals surface area contributed by atoms with E-state index in [0.717, 1.165) is 27.8 Å². The summed E-state index contributed by atoms with van der Waals surface area (Å²) in [6.45, 7) is 5.64. The van der Waals surface area contributed by atoms with Gasteiger partial charge in [0.1, 0.15) is 6.54 Å². The number of aryl methyl sites for hydroxylation is 2. The van der Waals surface area contributed by atoms with Crippen LogP contribution in [0.2, 0.25) is 0 Å². The van der Waals surface area contributed by atoms with Crippen LogP contribution in [-0.2, 0) is 9.59 Å². The van der Waals surface area contributed by atoms with Crippen molar-refractivity contribution < 1.29 is 24.2 Å². The zero-order valence-corrected chi connectivity index (χ0v) is 20.2. The van der Waals surface area contributed by atoms with Crippen LogP contribution >= 0.6 is 34.4 Å². The third-order valence-electron chi connectivity index (χ3n) is 4.48. The maximum absolute atomic E-state index is 12.7. The molecule has 0 aromatic heterocycles. The van der Waals surface area contributed by atoms with Crippen LogP contribution in [0.25, 0.3) is 6.08 Å². The third-order valence-corrected chi connectivity index (χ3v) is 6.21. The van der Waals surface area contributed by atoms with Crippen molar-refractivity contribution in [3.8, 4) is 11.5 Å². The second-order valence-electron chi connectivity index (χ2n) is 6.92. The lowest BCUT2D eigenvalue weighted by atomic mass is 10.1. The fourth-order valence-corrected chi connectivity index (χ4v) is 4.48. The average Bonchev–Trinajstić information content (AvgIpc) is 2.95. The highest BCUT2D eigenvalue weighted by Gasteiger charge is 2.36. The van der Waals surface area contributed by atoms with Crippen LogP contribution in [0.4, 0.5) is 10.5 Å². The summed E-state index contributed by atoms with van der Waals surface area (Å²) in [5.74, 6) is -0.663. The molecule has 0 unspecified atom stereocenters. The standard InChI is InChI=1S/C22H21IN2O5S/c1-4-30-17-9-14(8-15(23)20(17)27)10-18-21(28)25(22(29)31-18)11-19(26)24-16-6-5-12(2)7-13(16)3/h5-10,27H,4,11H2,1-3H3,(H,24,26)/b18-10+. The highest BCUT2D eigenvalue weighted by Crippen LogP contribution is 2.36. The molecule has 2 aromatic rings. The van der Waals surface area contributed by atoms with Crippen molar-refractivity contribution in [2.75, 3.05) is 18.5 Å². The van der Waals surface area contributed by atoms with E-state index in [2.05, 4.69) is 5.32 Å². The van der Waals surface area contributed by atoms with Crippen molar-refractivity contribution in [3.63, 3.8) is 0 Å². The number of anilines is 1. The summed E-state index contributed by atoms with van der Waals surface area (Å²) >= 11 is 2.74. The summed E-state index contributed by atoms with van der Waals surface area (Å²) in [5, 5.41) is 12.3. The molecule has 1 aliphatic heterocycles. The monoisotopic (exact) mass is 552 g/mol. The van der Waals surface area contributed by atoms with Crippen LogP contribution in [-0.4, -0.2) is 40.2 Å². The van der Waals surface area contributed by atoms with E-state index in [0.29, 0.717) is 27.2 Å². The van der Waals surface area contributed by atoms with E-state index in [1.807, 2.05) is 48.6 Å². The highest BCUT2D eigenvalue weighted by atomic mass is 127. The maximum Gasteiger partial charge on any atom is 0.294 e. The number of rotatable bonds is 6. The lowest BCUT2D eigenvalue weighted by molar-refractivity contribution is -0.127. The molecule has 1 saturated heterocycles. The van der Waals surface area contributed by atoms with Crippen molar-refractivity contribution in [2.45, 2.75) is 20.8 Å². The molecule has 0 bridgehead atoms. The number of hydrogen-bond donors (Lipinski definition) is 2. The van der Waals surface area contributed by atoms with E-state index in [4.69, 9.17) is 4.74 Å². The Kier molecular flexibility index (Phi) is 7.26. The van der Waals surface area contributed by atoms with E-state index in [9.17, 15) is 19.5 Å². The minimum absolute atomic E-state index is 0.0239. The quantitative estimate of drug-likeness (QED) is 0.399. The van der Waals surface area contributed by atoms with Gasteiger partial charge < -0.3 is 15.2 Å². The largest absolute Gasteiger partial charge is 0.504 e. The molecule has 3 rings (SSSR count). The molecule has 0 spiro atoms. The van der Waals surface area contributed by atoms with Crippen molar-refractivity contribution in [1.29, 1.82) is 0 Å². The molecule has 9 heteroatoms. The van der Waals surface area contributed by atoms with Gasteiger partial charge in [0.2, 0.25) is 5.91 Å². The molecule has 0 atom stereocenters. The molecule has 1 heterocycles. The molecule has 31 heavy (non-hydrogen) atoms. The molecule has 1 aliphatic rings. The fraction of sp³-hybridized carbons (Fsp3) is 0.227. The first-order valence-electron chi connectivity index (χ1n) is 9.47. The zero-order valence-electron chi connectivity index (χ0n) is 17.2. The number of ether oxygens (including phenoxy) is 1. The van der Waals surface area contributed by atoms with Gasteiger partial charge in [-0.2, -0.15) is 0 Å². The van der Waals surface area contributed by atoms with Crippen LogP contribution in [0, 0.1) is 17.4 Å². The molecule has 7 nitrogen and oxygen atoms in total. The normalized spacial score (nSPS) is 15.0. The van der Waals surface area contributed by atoms with Gasteiger partial charge in [0.15, 0.2) is 11.5 Å². The van der Waals surface area contributed by atoms with E-state index < -0.39 is 17.1 Å². The van der Waals surface area contributed by atoms with Crippen molar-refractivity contribution >= 4 is 63.2 Å². The lowest BCUT2D eigenvalue weighted by Crippen LogP contribution is -2.36. The van der Waals surface area contributed by atoms with Gasteiger partial charge in [-0.25, -0.2) is 0 Å². The smallest absolute Gasteiger partial charge is 0.294 e. The fourth-order valence-electron chi connectivity index (χ4n) is 3.02. The van der Waals surface area contributed by atoms with Gasteiger partial charge in [-0.15, -0.1) is 0 Å². The molecular weight excluding hydrogens is 531 g/mol. The first kappa shape index (κ1) is 23.1. The minimum Gasteiger partial charge on any atom is -0.504 e. The first-order chi connectivity index (χ1) is 14.7. The zero-order chi connectivity index (χ0) is 22.7. The number of benzene rings is 2. The molecular formula is C22H21IN2O5S. The highest BCUT2D eigenvalue weighted by molar-refractivity contribution is 14.1. The summed E-state index contributed by atoms with van der Waals surface area (Å²) < 4.78 is 5.97. The minimum atomic E-state index is -0.535. The predicted octanol–water partition coefficient (Wildman–Crippen LogP) is 4.69. The van der Waals surface area contributed by atoms with E-state index in [1.54, 1.807) is 31.2 Å². The van der Waals surface area contributed by atoms with Gasteiger partial charge in [0, 0.05) is 5.69 Å². The van der Waals surface area contributed by atoms with Crippen LogP contribution in [0.5, 0.6) is 11.5 Å². The van der Waals surface area contributed by atoms with Gasteiger partial charge in [-0.1, -0.05) is 17.7 Å². The number of phenols is 1. The lowest BCUT2D eigenvalue weighted by Gasteiger charge is -2.14. The summed E-state index contributed by atoms with van der Waals surface area (Å²) in [6.07, 6.45) is 1.55. The molecule has 3 amide bonds. The van der Waals surface area contributed by atoms with E-state index >= 15 is 0 Å². The van der Waals surface area contributed by atoms with E-state index in [1.165, 1.54) is 0 Å². The second-order valence-corrected chi connectivity index (χ2v) is 9.07. The number of phenolic OH excluding ortho intramolecular Hbond substituents is 1. The van der Waals surface area contributed by atoms with Crippen molar-refractivity contribution in [1.82, 2.24) is 4.90 Å². The average molecular weight is 552 g/mol. The Morgan fingerprint density at radius 1 is 1.26 bits per heavy atom. The molecule has 2 N–H and O–H groups in total. The Morgan fingerprint density at radius 2 is 2.00 bits per heavy atom. The van der Waals surface area contributed by atoms with Gasteiger partial charge in [-0.05, 0) is 90.5 Å². The summed E-state index contributed by atoms with van der Waals surface area (Å²) in [4.78, 5) is 38.6. The summed E-state index contributed by atoms with van der Waals surface area (Å²) in [5.41, 5.74) is 3.22. The molecule has 2 aromatic carbocycles. The number of hydrogen-bond acceptors (Lipinski definition) is 6. The molecule has 162 valence electrons. The number of nitrogens with one attached hydrogen (secondary N) is 1. The number of amides is 3. The maximum atomic E-state index is 12.7. The number of imide groups is 1. The number of thioether (sulfide) groups is 1. The van der Waals surface area contributed by atoms with Crippen LogP contribution < -0.4 is 10.1 Å². The topological polar surface area (TPSA) is 95.9 Å². The number of carbonyl (C=O) groups excluding carboxylic acids is 3. The Hall–Kier alpha value is -2.53. The van der Waals surface area contributed by atoms with Gasteiger partial charge in [0.25, 0.3) is 11.1 Å². The Morgan fingerprint density at radius 3 is 2.68 bits per heavy atom. The number of aromatic hydroxyl groups is 1. The van der Waals surface area contributed by atoms with Crippen molar-refractivity contribution in [3.05, 3.63) is 55.5 Å². The number of nitrogens with zero attached hydrogens (tertiary/aromatic N) is 1. The predicted molar refractivity (Wildman–Crippen MR) is 129 cm³/mol. The van der Waals surface area contributed by atoms with E-state index in [-0.39, 0.29) is 17.2 Å². The number of carbonyl (C=O) groups is 3. The van der Waals surface area contributed by atoms with Crippen LogP contribution in [0.3, 0.4) is 0 Å². The molecule has 0 saturated carbocycles. The molecule has 1 fully saturated rings. The Balaban J connectivity index is 1.75. The van der Waals surface area contributed by atoms with Gasteiger partial charge >= 0.3 is 0 Å². The Bertz CT molecular complexity index is 1100.